The molecule has 7 heteroatoms. The third-order valence-electron chi connectivity index (χ3n) is 6.80. The van der Waals surface area contributed by atoms with Crippen LogP contribution < -0.4 is 9.47 Å². The summed E-state index contributed by atoms with van der Waals surface area (Å²) in [5, 5.41) is 10.5. The van der Waals surface area contributed by atoms with E-state index in [1.54, 1.807) is 14.0 Å². The van der Waals surface area contributed by atoms with Gasteiger partial charge in [-0.3, -0.25) is 9.69 Å². The third-order valence-corrected chi connectivity index (χ3v) is 6.80. The van der Waals surface area contributed by atoms with Gasteiger partial charge in [-0.25, -0.2) is 0 Å². The van der Waals surface area contributed by atoms with Crippen LogP contribution in [0.2, 0.25) is 0 Å². The predicted molar refractivity (Wildman–Crippen MR) is 126 cm³/mol. The maximum Gasteiger partial charge on any atom is 0.219 e. The number of nitrogens with zero attached hydrogens (tertiary/aromatic N) is 3. The SMILES string of the molecule is COc1cc(CN2CCCN(C(C)=O)CC2)ccc1OCC(O)CN(C)C1CCCCC1. The maximum absolute atomic E-state index is 11.6. The minimum absolute atomic E-state index is 0.155. The van der Waals surface area contributed by atoms with Crippen LogP contribution in [0.4, 0.5) is 0 Å². The first-order valence-corrected chi connectivity index (χ1v) is 12.1. The van der Waals surface area contributed by atoms with E-state index >= 15 is 0 Å². The normalized spacial score (nSPS) is 19.6. The summed E-state index contributed by atoms with van der Waals surface area (Å²) in [6, 6.07) is 6.59. The number of ether oxygens (including phenoxy) is 2. The molecule has 1 saturated carbocycles. The number of likely N-dealkylation sites (N-methyl/N-ethyl adjacent to an activating group) is 1. The van der Waals surface area contributed by atoms with E-state index < -0.39 is 6.10 Å². The van der Waals surface area contributed by atoms with E-state index in [0.717, 1.165) is 44.7 Å². The average molecular weight is 448 g/mol. The lowest BCUT2D eigenvalue weighted by Crippen LogP contribution is -2.40. The first-order chi connectivity index (χ1) is 15.5. The van der Waals surface area contributed by atoms with Crippen molar-refractivity contribution in [2.75, 3.05) is 53.5 Å². The Morgan fingerprint density at radius 2 is 1.91 bits per heavy atom. The lowest BCUT2D eigenvalue weighted by atomic mass is 9.94. The van der Waals surface area contributed by atoms with Crippen LogP contribution in [-0.2, 0) is 11.3 Å². The monoisotopic (exact) mass is 447 g/mol. The molecule has 1 heterocycles. The van der Waals surface area contributed by atoms with Crippen molar-refractivity contribution in [1.82, 2.24) is 14.7 Å². The zero-order chi connectivity index (χ0) is 22.9. The van der Waals surface area contributed by atoms with Crippen molar-refractivity contribution in [2.24, 2.45) is 0 Å². The van der Waals surface area contributed by atoms with E-state index in [1.165, 1.54) is 32.1 Å². The second-order valence-corrected chi connectivity index (χ2v) is 9.32. The molecule has 1 unspecified atom stereocenters. The van der Waals surface area contributed by atoms with E-state index in [9.17, 15) is 9.90 Å². The number of carbonyl (C=O) groups excluding carboxylic acids is 1. The summed E-state index contributed by atoms with van der Waals surface area (Å²) < 4.78 is 11.5. The van der Waals surface area contributed by atoms with Crippen LogP contribution in [-0.4, -0.2) is 91.3 Å². The molecular formula is C25H41N3O4. The minimum atomic E-state index is -0.535. The molecule has 0 aromatic heterocycles. The molecule has 2 aliphatic rings. The highest BCUT2D eigenvalue weighted by atomic mass is 16.5. The Labute approximate surface area is 193 Å². The zero-order valence-corrected chi connectivity index (χ0v) is 20.1. The van der Waals surface area contributed by atoms with E-state index in [2.05, 4.69) is 22.9 Å². The Kier molecular flexibility index (Phi) is 9.63. The first kappa shape index (κ1) is 24.8. The van der Waals surface area contributed by atoms with Crippen molar-refractivity contribution in [3.8, 4) is 11.5 Å². The van der Waals surface area contributed by atoms with E-state index in [1.807, 2.05) is 17.0 Å². The standard InChI is InChI=1S/C25H41N3O4/c1-20(29)28-13-7-12-27(14-15-28)17-21-10-11-24(25(16-21)31-3)32-19-23(30)18-26(2)22-8-5-4-6-9-22/h10-11,16,22-23,30H,4-9,12-15,17-19H2,1-3H3. The van der Waals surface area contributed by atoms with Crippen LogP contribution in [0.25, 0.3) is 0 Å². The van der Waals surface area contributed by atoms with Gasteiger partial charge in [-0.1, -0.05) is 25.3 Å². The first-order valence-electron chi connectivity index (χ1n) is 12.1. The van der Waals surface area contributed by atoms with Crippen molar-refractivity contribution in [2.45, 2.75) is 64.1 Å². The average Bonchev–Trinajstić information content (AvgIpc) is 3.04. The van der Waals surface area contributed by atoms with Crippen LogP contribution >= 0.6 is 0 Å². The topological polar surface area (TPSA) is 65.5 Å². The van der Waals surface area contributed by atoms with Crippen LogP contribution in [0, 0.1) is 0 Å². The van der Waals surface area contributed by atoms with Gasteiger partial charge in [-0.15, -0.1) is 0 Å². The molecule has 0 radical (unpaired) electrons. The second kappa shape index (κ2) is 12.4. The number of benzene rings is 1. The highest BCUT2D eigenvalue weighted by Crippen LogP contribution is 2.29. The summed E-state index contributed by atoms with van der Waals surface area (Å²) in [5.74, 6) is 1.51. The summed E-state index contributed by atoms with van der Waals surface area (Å²) in [5.41, 5.74) is 1.16. The number of carbonyl (C=O) groups is 1. The Morgan fingerprint density at radius 1 is 1.12 bits per heavy atom. The molecule has 1 aromatic carbocycles. The molecule has 3 rings (SSSR count). The van der Waals surface area contributed by atoms with Gasteiger partial charge >= 0.3 is 0 Å². The molecule has 1 N–H and O–H groups in total. The van der Waals surface area contributed by atoms with Crippen LogP contribution in [0.15, 0.2) is 18.2 Å². The Hall–Kier alpha value is -1.83. The predicted octanol–water partition coefficient (Wildman–Crippen LogP) is 2.75. The van der Waals surface area contributed by atoms with Gasteiger partial charge in [-0.05, 0) is 44.0 Å². The Bertz CT molecular complexity index is 723. The number of aliphatic hydroxyl groups is 1. The summed E-state index contributed by atoms with van der Waals surface area (Å²) >= 11 is 0. The molecule has 1 aromatic rings. The summed E-state index contributed by atoms with van der Waals surface area (Å²) in [6.07, 6.45) is 6.82. The maximum atomic E-state index is 11.6. The van der Waals surface area contributed by atoms with Crippen LogP contribution in [0.3, 0.4) is 0 Å². The summed E-state index contributed by atoms with van der Waals surface area (Å²) in [7, 11) is 3.75. The zero-order valence-electron chi connectivity index (χ0n) is 20.1. The lowest BCUT2D eigenvalue weighted by molar-refractivity contribution is -0.128. The quantitative estimate of drug-likeness (QED) is 0.628. The number of amides is 1. The molecule has 0 spiro atoms. The number of aliphatic hydroxyl groups excluding tert-OH is 1. The molecule has 32 heavy (non-hydrogen) atoms. The Balaban J connectivity index is 1.49. The highest BCUT2D eigenvalue weighted by molar-refractivity contribution is 5.73. The van der Waals surface area contributed by atoms with Gasteiger partial charge in [0.25, 0.3) is 0 Å². The number of hydrogen-bond acceptors (Lipinski definition) is 6. The molecule has 0 bridgehead atoms. The van der Waals surface area contributed by atoms with Crippen molar-refractivity contribution < 1.29 is 19.4 Å². The highest BCUT2D eigenvalue weighted by Gasteiger charge is 2.21. The molecule has 1 aliphatic carbocycles. The van der Waals surface area contributed by atoms with Crippen molar-refractivity contribution in [3.05, 3.63) is 23.8 Å². The molecule has 2 fully saturated rings. The number of hydrogen-bond donors (Lipinski definition) is 1. The summed E-state index contributed by atoms with van der Waals surface area (Å²) in [6.45, 7) is 6.80. The summed E-state index contributed by atoms with van der Waals surface area (Å²) in [4.78, 5) is 18.2. The van der Waals surface area contributed by atoms with Gasteiger partial charge in [0.05, 0.1) is 7.11 Å². The number of rotatable bonds is 9. The lowest BCUT2D eigenvalue weighted by Gasteiger charge is -2.32. The van der Waals surface area contributed by atoms with Crippen molar-refractivity contribution >= 4 is 5.91 Å². The fraction of sp³-hybridized carbons (Fsp3) is 0.720. The fourth-order valence-corrected chi connectivity index (χ4v) is 4.87. The molecule has 1 atom stereocenters. The Morgan fingerprint density at radius 3 is 2.62 bits per heavy atom. The molecule has 180 valence electrons. The van der Waals surface area contributed by atoms with Gasteiger partial charge in [0.1, 0.15) is 12.7 Å². The van der Waals surface area contributed by atoms with Gasteiger partial charge in [-0.2, -0.15) is 0 Å². The molecule has 7 nitrogen and oxygen atoms in total. The second-order valence-electron chi connectivity index (χ2n) is 9.32. The van der Waals surface area contributed by atoms with Gasteiger partial charge < -0.3 is 24.4 Å². The van der Waals surface area contributed by atoms with Gasteiger partial charge in [0.2, 0.25) is 5.91 Å². The van der Waals surface area contributed by atoms with E-state index in [-0.39, 0.29) is 12.5 Å². The minimum Gasteiger partial charge on any atom is -0.493 e. The smallest absolute Gasteiger partial charge is 0.219 e. The van der Waals surface area contributed by atoms with E-state index in [4.69, 9.17) is 9.47 Å². The van der Waals surface area contributed by atoms with Crippen LogP contribution in [0.1, 0.15) is 51.0 Å². The van der Waals surface area contributed by atoms with E-state index in [0.29, 0.717) is 24.1 Å². The molecule has 1 aliphatic heterocycles. The van der Waals surface area contributed by atoms with Crippen molar-refractivity contribution in [1.29, 1.82) is 0 Å². The van der Waals surface area contributed by atoms with Gasteiger partial charge in [0.15, 0.2) is 11.5 Å². The molecular weight excluding hydrogens is 406 g/mol. The fourth-order valence-electron chi connectivity index (χ4n) is 4.87. The number of methoxy groups -OCH3 is 1. The van der Waals surface area contributed by atoms with Crippen molar-refractivity contribution in [3.63, 3.8) is 0 Å². The molecule has 1 saturated heterocycles. The van der Waals surface area contributed by atoms with Crippen LogP contribution in [0.5, 0.6) is 11.5 Å². The molecule has 1 amide bonds. The third kappa shape index (κ3) is 7.36. The van der Waals surface area contributed by atoms with Gasteiger partial charge in [0, 0.05) is 52.2 Å². The largest absolute Gasteiger partial charge is 0.493 e.